The normalized spacial score (nSPS) is 14.5. The number of thiophene rings is 3. The molecule has 2 aliphatic rings. The Labute approximate surface area is 522 Å². The Morgan fingerprint density at radius 2 is 0.911 bits per heavy atom. The number of rotatable bonds is 10. The summed E-state index contributed by atoms with van der Waals surface area (Å²) in [6, 6.07) is 13.2. The molecule has 0 unspecified atom stereocenters. The number of carboxylic acid groups (broad SMARTS) is 2. The number of carbonyl (C=O) groups is 3. The van der Waals surface area contributed by atoms with Crippen molar-refractivity contribution in [2.75, 3.05) is 80.4 Å². The molecule has 9 aromatic rings. The lowest BCUT2D eigenvalue weighted by atomic mass is 10.0. The van der Waals surface area contributed by atoms with Gasteiger partial charge in [0.05, 0.1) is 70.9 Å². The fourth-order valence-corrected chi connectivity index (χ4v) is 11.3. The molecule has 6 aromatic heterocycles. The summed E-state index contributed by atoms with van der Waals surface area (Å²) < 4.78 is 126. The smallest absolute Gasteiger partial charge is 0.416 e. The molecule has 0 radical (unpaired) electrons. The van der Waals surface area contributed by atoms with Crippen molar-refractivity contribution >= 4 is 123 Å². The van der Waals surface area contributed by atoms with Gasteiger partial charge in [-0.25, -0.2) is 39.5 Å². The van der Waals surface area contributed by atoms with Gasteiger partial charge in [-0.05, 0) is 110 Å². The van der Waals surface area contributed by atoms with Crippen LogP contribution in [0.25, 0.3) is 30.6 Å². The first-order valence-corrected chi connectivity index (χ1v) is 29.4. The summed E-state index contributed by atoms with van der Waals surface area (Å²) in [6.07, 6.45) is -9.44. The third-order valence-corrected chi connectivity index (χ3v) is 16.3. The van der Waals surface area contributed by atoms with E-state index in [9.17, 15) is 53.9 Å². The molecule has 90 heavy (non-hydrogen) atoms. The first-order chi connectivity index (χ1) is 42.4. The Morgan fingerprint density at radius 1 is 0.544 bits per heavy atom. The van der Waals surface area contributed by atoms with Crippen molar-refractivity contribution in [3.8, 4) is 0 Å². The second kappa shape index (κ2) is 30.0. The van der Waals surface area contributed by atoms with E-state index in [1.807, 2.05) is 0 Å². The number of nitrogens with zero attached hydrogens (tertiary/aromatic N) is 7. The topological polar surface area (TPSA) is 331 Å². The van der Waals surface area contributed by atoms with Crippen molar-refractivity contribution in [3.63, 3.8) is 0 Å². The Kier molecular flexibility index (Phi) is 23.1. The predicted molar refractivity (Wildman–Crippen MR) is 326 cm³/mol. The Balaban J connectivity index is 0.000000174. The highest BCUT2D eigenvalue weighted by molar-refractivity contribution is 7.21. The minimum Gasteiger partial charge on any atom is -0.477 e. The number of nitrogens with two attached hydrogens (primary N) is 4. The molecule has 8 heterocycles. The minimum absolute atomic E-state index is 0.00000579. The van der Waals surface area contributed by atoms with Gasteiger partial charge in [-0.15, -0.1) is 34.0 Å². The number of alkyl halides is 9. The van der Waals surface area contributed by atoms with E-state index in [-0.39, 0.29) is 37.9 Å². The molecule has 3 atom stereocenters. The molecule has 0 saturated carbocycles. The zero-order valence-electron chi connectivity index (χ0n) is 47.4. The predicted octanol–water partition coefficient (Wildman–Crippen LogP) is 12.1. The number of hydrogen-bond donors (Lipinski definition) is 9. The molecule has 2 saturated heterocycles. The number of aromatic nitrogens is 6. The van der Waals surface area contributed by atoms with Crippen LogP contribution in [0.15, 0.2) is 91.8 Å². The minimum atomic E-state index is -4.50. The molecule has 0 aliphatic carbocycles. The SMILES string of the molecule is C1COCCN1.C[C@@H](N)c1cc(N)cc(C(F)(F)F)c1.C[C@@H](Nc1ncnc2sc(C(=O)N3CCOCC3)cc12)c1cc(N)cc(C(F)(F)F)c1.C[C@@H](Nc1ncnc2sc(C(=O)O)cc12)c1cc(N)cc(C(F)(F)F)c1.O=C(O)c1cc2c(Cl)ncnc2s1. The van der Waals surface area contributed by atoms with Crippen LogP contribution in [0.5, 0.6) is 0 Å². The van der Waals surface area contributed by atoms with E-state index in [1.165, 1.54) is 60.7 Å². The average Bonchev–Trinajstić information content (AvgIpc) is 1.67. The third-order valence-electron chi connectivity index (χ3n) is 12.9. The monoisotopic (exact) mass is 1340 g/mol. The van der Waals surface area contributed by atoms with Crippen molar-refractivity contribution in [1.29, 1.82) is 0 Å². The molecule has 0 spiro atoms. The number of amides is 1. The van der Waals surface area contributed by atoms with Crippen LogP contribution in [0.1, 0.15) is 101 Å². The number of nitrogen functional groups attached to an aromatic ring is 3. The highest BCUT2D eigenvalue weighted by atomic mass is 35.5. The molecule has 13 N–H and O–H groups in total. The lowest BCUT2D eigenvalue weighted by Crippen LogP contribution is -2.40. The summed E-state index contributed by atoms with van der Waals surface area (Å²) in [5.74, 6) is -1.39. The number of carboxylic acids is 2. The van der Waals surface area contributed by atoms with Crippen LogP contribution < -0.4 is 38.9 Å². The van der Waals surface area contributed by atoms with Crippen LogP contribution in [0.2, 0.25) is 5.15 Å². The van der Waals surface area contributed by atoms with E-state index in [1.54, 1.807) is 31.7 Å². The van der Waals surface area contributed by atoms with Crippen molar-refractivity contribution in [2.45, 2.75) is 57.4 Å². The van der Waals surface area contributed by atoms with E-state index in [2.05, 4.69) is 45.9 Å². The summed E-state index contributed by atoms with van der Waals surface area (Å²) in [6.45, 7) is 10.9. The van der Waals surface area contributed by atoms with Crippen LogP contribution in [-0.2, 0) is 28.0 Å². The van der Waals surface area contributed by atoms with Crippen molar-refractivity contribution in [3.05, 3.63) is 145 Å². The molecule has 34 heteroatoms. The second-order valence-corrected chi connectivity index (χ2v) is 23.1. The van der Waals surface area contributed by atoms with Gasteiger partial charge in [0.15, 0.2) is 0 Å². The number of fused-ring (bicyclic) bond motifs is 3. The summed E-state index contributed by atoms with van der Waals surface area (Å²) >= 11 is 9.07. The number of benzene rings is 3. The number of aromatic carboxylic acids is 2. The van der Waals surface area contributed by atoms with Gasteiger partial charge in [0, 0.05) is 54.7 Å². The highest BCUT2D eigenvalue weighted by Crippen LogP contribution is 2.38. The average molecular weight is 1340 g/mol. The van der Waals surface area contributed by atoms with Gasteiger partial charge < -0.3 is 63.5 Å². The number of nitrogens with one attached hydrogen (secondary N) is 3. The first kappa shape index (κ1) is 69.2. The first-order valence-electron chi connectivity index (χ1n) is 26.6. The second-order valence-electron chi connectivity index (χ2n) is 19.7. The molecule has 2 aliphatic heterocycles. The van der Waals surface area contributed by atoms with Gasteiger partial charge in [0.2, 0.25) is 0 Å². The van der Waals surface area contributed by atoms with Gasteiger partial charge in [-0.1, -0.05) is 11.6 Å². The highest BCUT2D eigenvalue weighted by Gasteiger charge is 2.34. The summed E-state index contributed by atoms with van der Waals surface area (Å²) in [4.78, 5) is 63.0. The van der Waals surface area contributed by atoms with Crippen molar-refractivity contribution in [1.82, 2.24) is 40.1 Å². The molecule has 480 valence electrons. The summed E-state index contributed by atoms with van der Waals surface area (Å²) in [7, 11) is 0. The number of morpholine rings is 2. The fourth-order valence-electron chi connectivity index (χ4n) is 8.38. The zero-order chi connectivity index (χ0) is 65.8. The quantitative estimate of drug-likeness (QED) is 0.0349. The number of carbonyl (C=O) groups excluding carboxylic acids is 1. The van der Waals surface area contributed by atoms with Gasteiger partial charge in [-0.3, -0.25) is 4.79 Å². The van der Waals surface area contributed by atoms with Crippen LogP contribution in [-0.4, -0.2) is 115 Å². The van der Waals surface area contributed by atoms with E-state index in [0.717, 1.165) is 85.4 Å². The van der Waals surface area contributed by atoms with E-state index in [0.29, 0.717) is 90.2 Å². The van der Waals surface area contributed by atoms with Gasteiger partial charge in [-0.2, -0.15) is 39.5 Å². The molecule has 3 aromatic carbocycles. The van der Waals surface area contributed by atoms with Gasteiger partial charge >= 0.3 is 30.5 Å². The Hall–Kier alpha value is -8.31. The van der Waals surface area contributed by atoms with Crippen LogP contribution in [0, 0.1) is 0 Å². The molecule has 21 nitrogen and oxygen atoms in total. The molecule has 0 bridgehead atoms. The molecular formula is C56H56ClF9N14O7S3. The van der Waals surface area contributed by atoms with Crippen LogP contribution >= 0.6 is 45.6 Å². The summed E-state index contributed by atoms with van der Waals surface area (Å²) in [5, 5.41) is 29.1. The van der Waals surface area contributed by atoms with Gasteiger partial charge in [0.25, 0.3) is 5.91 Å². The molecule has 11 rings (SSSR count). The molecule has 2 fully saturated rings. The van der Waals surface area contributed by atoms with E-state index < -0.39 is 65.3 Å². The maximum atomic E-state index is 13.1. The van der Waals surface area contributed by atoms with E-state index in [4.69, 9.17) is 54.2 Å². The van der Waals surface area contributed by atoms with Crippen LogP contribution in [0.3, 0.4) is 0 Å². The summed E-state index contributed by atoms with van der Waals surface area (Å²) in [5.41, 5.74) is 20.9. The number of halogens is 10. The number of ether oxygens (including phenoxy) is 2. The molecular weight excluding hydrogens is 1280 g/mol. The Bertz CT molecular complexity index is 3960. The maximum absolute atomic E-state index is 13.1. The lowest BCUT2D eigenvalue weighted by Gasteiger charge is -2.26. The van der Waals surface area contributed by atoms with E-state index >= 15 is 0 Å². The van der Waals surface area contributed by atoms with Gasteiger partial charge in [0.1, 0.15) is 60.0 Å². The number of hydrogen-bond acceptors (Lipinski definition) is 21. The zero-order valence-corrected chi connectivity index (χ0v) is 50.6. The van der Waals surface area contributed by atoms with Crippen LogP contribution in [0.4, 0.5) is 68.2 Å². The maximum Gasteiger partial charge on any atom is 0.416 e. The number of anilines is 5. The third kappa shape index (κ3) is 18.9. The largest absolute Gasteiger partial charge is 0.477 e. The standard InChI is InChI=1S/C20H20F3N5O2S.C16H13F3N4O2S.C9H11F3N2.C7H3ClN2O2S.C4H9NO/c1-11(12-6-13(20(21,22)23)8-14(24)7-12)27-17-15-9-16(31-18(15)26-10-25-17)19(29)28-2-4-30-5-3-28;1-7(8-2-9(16(17,18)19)4-10(20)3-8)23-13-11-5-12(15(24)25)26-14(11)22-6-21-13;1-5(13)6-2-7(9(10,11)12)4-8(14)3-6;8-5-3-1-4(7(11)12)13-6(3)10-2-9-5;1-3-6-4-2-5-1/h6-11H,2-5,24H2,1H3,(H,25,26,27);2-7H,20H2,1H3,(H,24,25)(H,21,22,23);2-5H,13-14H2,1H3;1-2H,(H,11,12);5H,1-4H2/t11-;7-;5-;;/m111../s1. The van der Waals surface area contributed by atoms with Crippen molar-refractivity contribution < 1.29 is 73.6 Å². The molecule has 1 amide bonds. The lowest BCUT2D eigenvalue weighted by molar-refractivity contribution is -0.138. The Morgan fingerprint density at radius 3 is 1.29 bits per heavy atom. The fraction of sp³-hybridized carbons (Fsp3) is 0.304. The van der Waals surface area contributed by atoms with Crippen molar-refractivity contribution in [2.24, 2.45) is 5.73 Å².